The van der Waals surface area contributed by atoms with Crippen LogP contribution in [0.2, 0.25) is 0 Å². The number of thioether (sulfide) groups is 1. The molecule has 21 heavy (non-hydrogen) atoms. The summed E-state index contributed by atoms with van der Waals surface area (Å²) in [6, 6.07) is 5.36. The van der Waals surface area contributed by atoms with Gasteiger partial charge in [-0.2, -0.15) is 13.2 Å². The van der Waals surface area contributed by atoms with Gasteiger partial charge in [0.1, 0.15) is 0 Å². The molecule has 1 heterocycles. The second-order valence-electron chi connectivity index (χ2n) is 4.30. The minimum atomic E-state index is -4.42. The second-order valence-corrected chi connectivity index (χ2v) is 5.74. The summed E-state index contributed by atoms with van der Waals surface area (Å²) in [7, 11) is 1.66. The van der Waals surface area contributed by atoms with Crippen molar-refractivity contribution in [2.45, 2.75) is 17.8 Å². The van der Waals surface area contributed by atoms with Gasteiger partial charge in [0.15, 0.2) is 11.0 Å². The first-order chi connectivity index (χ1) is 9.95. The first-order valence-corrected chi connectivity index (χ1v) is 7.72. The summed E-state index contributed by atoms with van der Waals surface area (Å²) >= 11 is 7.02. The van der Waals surface area contributed by atoms with E-state index in [1.165, 1.54) is 23.9 Å². The average Bonchev–Trinajstić information content (AvgIpc) is 2.80. The van der Waals surface area contributed by atoms with Crippen molar-refractivity contribution in [3.8, 4) is 11.4 Å². The van der Waals surface area contributed by atoms with Crippen molar-refractivity contribution in [2.24, 2.45) is 7.05 Å². The predicted molar refractivity (Wildman–Crippen MR) is 77.5 cm³/mol. The number of aromatic nitrogens is 3. The Morgan fingerprint density at radius 1 is 1.24 bits per heavy atom. The molecule has 8 heteroatoms. The number of hydrogen-bond acceptors (Lipinski definition) is 3. The maximum absolute atomic E-state index is 13.0. The Labute approximate surface area is 129 Å². The van der Waals surface area contributed by atoms with E-state index in [-0.39, 0.29) is 11.4 Å². The van der Waals surface area contributed by atoms with E-state index in [0.717, 1.165) is 18.2 Å². The molecule has 2 aromatic rings. The van der Waals surface area contributed by atoms with E-state index in [9.17, 15) is 13.2 Å². The lowest BCUT2D eigenvalue weighted by Crippen LogP contribution is -2.08. The summed E-state index contributed by atoms with van der Waals surface area (Å²) in [6.07, 6.45) is -3.62. The zero-order valence-electron chi connectivity index (χ0n) is 11.2. The van der Waals surface area contributed by atoms with Crippen LogP contribution in [0.3, 0.4) is 0 Å². The Morgan fingerprint density at radius 3 is 2.62 bits per heavy atom. The van der Waals surface area contributed by atoms with Crippen LogP contribution < -0.4 is 0 Å². The monoisotopic (exact) mass is 335 g/mol. The molecule has 0 atom stereocenters. The number of alkyl halides is 4. The molecule has 0 aliphatic carbocycles. The maximum atomic E-state index is 13.0. The summed E-state index contributed by atoms with van der Waals surface area (Å²) in [5, 5.41) is 8.43. The molecule has 0 unspecified atom stereocenters. The van der Waals surface area contributed by atoms with E-state index >= 15 is 0 Å². The largest absolute Gasteiger partial charge is 0.417 e. The Morgan fingerprint density at radius 2 is 1.95 bits per heavy atom. The van der Waals surface area contributed by atoms with Crippen molar-refractivity contribution >= 4 is 23.4 Å². The zero-order valence-corrected chi connectivity index (χ0v) is 12.8. The van der Waals surface area contributed by atoms with Crippen molar-refractivity contribution < 1.29 is 13.2 Å². The maximum Gasteiger partial charge on any atom is 0.417 e. The average molecular weight is 336 g/mol. The van der Waals surface area contributed by atoms with E-state index < -0.39 is 11.7 Å². The van der Waals surface area contributed by atoms with Crippen molar-refractivity contribution in [2.75, 3.05) is 11.6 Å². The van der Waals surface area contributed by atoms with Gasteiger partial charge in [-0.05, 0) is 12.5 Å². The van der Waals surface area contributed by atoms with Gasteiger partial charge in [-0.1, -0.05) is 30.0 Å². The van der Waals surface area contributed by atoms with E-state index in [4.69, 9.17) is 11.6 Å². The van der Waals surface area contributed by atoms with E-state index in [0.29, 0.717) is 11.0 Å². The van der Waals surface area contributed by atoms with Gasteiger partial charge >= 0.3 is 6.18 Å². The predicted octanol–water partition coefficient (Wildman–Crippen LogP) is 4.22. The van der Waals surface area contributed by atoms with Gasteiger partial charge in [-0.3, -0.25) is 0 Å². The summed E-state index contributed by atoms with van der Waals surface area (Å²) in [5.41, 5.74) is -0.679. The molecule has 0 fully saturated rings. The molecule has 0 saturated carbocycles. The van der Waals surface area contributed by atoms with Crippen LogP contribution in [0, 0.1) is 0 Å². The van der Waals surface area contributed by atoms with E-state index in [1.807, 2.05) is 0 Å². The molecule has 0 radical (unpaired) electrons. The molecule has 3 nitrogen and oxygen atoms in total. The van der Waals surface area contributed by atoms with Crippen molar-refractivity contribution in [3.05, 3.63) is 29.8 Å². The molecule has 114 valence electrons. The third-order valence-corrected chi connectivity index (χ3v) is 4.19. The fourth-order valence-corrected chi connectivity index (χ4v) is 2.96. The summed E-state index contributed by atoms with van der Waals surface area (Å²) in [6.45, 7) is 0. The fourth-order valence-electron chi connectivity index (χ4n) is 1.82. The first kappa shape index (κ1) is 16.2. The Kier molecular flexibility index (Phi) is 5.16. The van der Waals surface area contributed by atoms with Crippen molar-refractivity contribution in [1.29, 1.82) is 0 Å². The van der Waals surface area contributed by atoms with Crippen LogP contribution in [0.4, 0.5) is 13.2 Å². The first-order valence-electron chi connectivity index (χ1n) is 6.20. The van der Waals surface area contributed by atoms with Gasteiger partial charge in [0.25, 0.3) is 0 Å². The lowest BCUT2D eigenvalue weighted by Gasteiger charge is -2.12. The van der Waals surface area contributed by atoms with Gasteiger partial charge in [-0.25, -0.2) is 0 Å². The Bertz CT molecular complexity index is 613. The number of rotatable bonds is 5. The highest BCUT2D eigenvalue weighted by molar-refractivity contribution is 7.99. The summed E-state index contributed by atoms with van der Waals surface area (Å²) < 4.78 is 40.7. The summed E-state index contributed by atoms with van der Waals surface area (Å²) in [5.74, 6) is 1.49. The number of hydrogen-bond donors (Lipinski definition) is 0. The zero-order chi connectivity index (χ0) is 15.5. The van der Waals surface area contributed by atoms with Crippen LogP contribution in [0.1, 0.15) is 12.0 Å². The molecule has 0 aliphatic rings. The van der Waals surface area contributed by atoms with Crippen LogP contribution in [-0.2, 0) is 13.2 Å². The van der Waals surface area contributed by atoms with Crippen LogP contribution in [0.15, 0.2) is 29.4 Å². The van der Waals surface area contributed by atoms with Gasteiger partial charge < -0.3 is 4.57 Å². The molecular formula is C13H13ClF3N3S. The standard InChI is InChI=1S/C13H13ClF3N3S/c1-20-11(18-19-12(20)21-8-4-7-14)9-5-2-3-6-10(9)13(15,16)17/h2-3,5-6H,4,7-8H2,1H3. The van der Waals surface area contributed by atoms with Crippen LogP contribution in [0.5, 0.6) is 0 Å². The molecule has 1 aromatic carbocycles. The van der Waals surface area contributed by atoms with Crippen molar-refractivity contribution in [1.82, 2.24) is 14.8 Å². The second kappa shape index (κ2) is 6.70. The Hall–Kier alpha value is -1.21. The number of benzene rings is 1. The minimum Gasteiger partial charge on any atom is -0.305 e. The molecule has 2 rings (SSSR count). The molecule has 0 saturated heterocycles. The molecule has 0 spiro atoms. The topological polar surface area (TPSA) is 30.7 Å². The highest BCUT2D eigenvalue weighted by Gasteiger charge is 2.34. The van der Waals surface area contributed by atoms with Crippen LogP contribution in [-0.4, -0.2) is 26.4 Å². The van der Waals surface area contributed by atoms with Crippen LogP contribution >= 0.6 is 23.4 Å². The Balaban J connectivity index is 2.36. The smallest absolute Gasteiger partial charge is 0.305 e. The quantitative estimate of drug-likeness (QED) is 0.465. The fraction of sp³-hybridized carbons (Fsp3) is 0.385. The lowest BCUT2D eigenvalue weighted by molar-refractivity contribution is -0.137. The molecule has 0 amide bonds. The lowest BCUT2D eigenvalue weighted by atomic mass is 10.1. The third kappa shape index (κ3) is 3.71. The van der Waals surface area contributed by atoms with Crippen LogP contribution in [0.25, 0.3) is 11.4 Å². The van der Waals surface area contributed by atoms with E-state index in [2.05, 4.69) is 10.2 Å². The molecule has 0 N–H and O–H groups in total. The molecule has 0 bridgehead atoms. The number of nitrogens with zero attached hydrogens (tertiary/aromatic N) is 3. The normalized spacial score (nSPS) is 11.9. The molecule has 0 aliphatic heterocycles. The van der Waals surface area contributed by atoms with Gasteiger partial charge in [0, 0.05) is 24.2 Å². The molecular weight excluding hydrogens is 323 g/mol. The summed E-state index contributed by atoms with van der Waals surface area (Å²) in [4.78, 5) is 0. The molecule has 1 aromatic heterocycles. The van der Waals surface area contributed by atoms with Gasteiger partial charge in [-0.15, -0.1) is 21.8 Å². The SMILES string of the molecule is Cn1c(SCCCCl)nnc1-c1ccccc1C(F)(F)F. The van der Waals surface area contributed by atoms with Crippen molar-refractivity contribution in [3.63, 3.8) is 0 Å². The highest BCUT2D eigenvalue weighted by atomic mass is 35.5. The highest BCUT2D eigenvalue weighted by Crippen LogP contribution is 2.36. The third-order valence-electron chi connectivity index (χ3n) is 2.82. The van der Waals surface area contributed by atoms with Gasteiger partial charge in [0.2, 0.25) is 0 Å². The number of halogens is 4. The van der Waals surface area contributed by atoms with Gasteiger partial charge in [0.05, 0.1) is 5.56 Å². The van der Waals surface area contributed by atoms with E-state index in [1.54, 1.807) is 17.7 Å². The minimum absolute atomic E-state index is 0.0317.